The van der Waals surface area contributed by atoms with Crippen LogP contribution in [-0.2, 0) is 14.8 Å². The zero-order valence-corrected chi connectivity index (χ0v) is 7.80. The molecule has 0 amide bonds. The van der Waals surface area contributed by atoms with Gasteiger partial charge in [0.05, 0.1) is 6.26 Å². The van der Waals surface area contributed by atoms with Gasteiger partial charge in [-0.25, -0.2) is 12.7 Å². The monoisotopic (exact) mass is 190 g/mol. The van der Waals surface area contributed by atoms with Crippen LogP contribution in [0.2, 0.25) is 0 Å². The molecule has 0 aromatic rings. The van der Waals surface area contributed by atoms with Gasteiger partial charge in [-0.1, -0.05) is 0 Å². The molecule has 1 radical (unpaired) electrons. The molecule has 0 N–H and O–H groups in total. The molecule has 1 aliphatic heterocycles. The average molecular weight is 190 g/mol. The minimum atomic E-state index is -3.11. The summed E-state index contributed by atoms with van der Waals surface area (Å²) in [5.74, 6) is -0.228. The maximum absolute atomic E-state index is 11.0. The first kappa shape index (κ1) is 9.67. The van der Waals surface area contributed by atoms with Gasteiger partial charge in [-0.3, -0.25) is 4.79 Å². The molecule has 1 fully saturated rings. The van der Waals surface area contributed by atoms with Crippen molar-refractivity contribution in [3.63, 3.8) is 0 Å². The van der Waals surface area contributed by atoms with Crippen molar-refractivity contribution in [2.45, 2.75) is 12.8 Å². The maximum atomic E-state index is 11.0. The Hall–Kier alpha value is -0.420. The third-order valence-electron chi connectivity index (χ3n) is 2.02. The van der Waals surface area contributed by atoms with Crippen LogP contribution in [0.15, 0.2) is 0 Å². The Morgan fingerprint density at radius 3 is 2.67 bits per heavy atom. The van der Waals surface area contributed by atoms with E-state index in [0.29, 0.717) is 13.1 Å². The minimum Gasteiger partial charge on any atom is -0.291 e. The average Bonchev–Trinajstić information content (AvgIpc) is 2.03. The largest absolute Gasteiger partial charge is 0.291 e. The molecular formula is C7H12NO3S. The summed E-state index contributed by atoms with van der Waals surface area (Å²) in [5.41, 5.74) is 0. The summed E-state index contributed by atoms with van der Waals surface area (Å²) in [7, 11) is -3.11. The number of nitrogens with zero attached hydrogens (tertiary/aromatic N) is 1. The van der Waals surface area contributed by atoms with Gasteiger partial charge in [0.15, 0.2) is 0 Å². The molecule has 69 valence electrons. The smallest absolute Gasteiger partial charge is 0.211 e. The fourth-order valence-corrected chi connectivity index (χ4v) is 2.25. The number of sulfonamides is 1. The van der Waals surface area contributed by atoms with Gasteiger partial charge in [-0.15, -0.1) is 0 Å². The Balaban J connectivity index is 2.64. The van der Waals surface area contributed by atoms with Gasteiger partial charge in [0.2, 0.25) is 16.3 Å². The topological polar surface area (TPSA) is 54.5 Å². The SMILES string of the molecule is CS(=O)(=O)N1CCCC([C]=O)C1. The molecule has 0 spiro atoms. The fourth-order valence-electron chi connectivity index (χ4n) is 1.34. The second kappa shape index (κ2) is 3.53. The lowest BCUT2D eigenvalue weighted by atomic mass is 10.0. The summed E-state index contributed by atoms with van der Waals surface area (Å²) in [6.45, 7) is 0.847. The van der Waals surface area contributed by atoms with Gasteiger partial charge in [-0.2, -0.15) is 0 Å². The molecule has 1 unspecified atom stereocenters. The highest BCUT2D eigenvalue weighted by Crippen LogP contribution is 2.16. The van der Waals surface area contributed by atoms with E-state index in [9.17, 15) is 13.2 Å². The lowest BCUT2D eigenvalue weighted by Crippen LogP contribution is -2.39. The second-order valence-electron chi connectivity index (χ2n) is 3.08. The van der Waals surface area contributed by atoms with Crippen LogP contribution in [0.4, 0.5) is 0 Å². The number of piperidine rings is 1. The highest BCUT2D eigenvalue weighted by Gasteiger charge is 2.25. The van der Waals surface area contributed by atoms with Crippen molar-refractivity contribution in [2.24, 2.45) is 5.92 Å². The Bertz CT molecular complexity index is 260. The number of hydrogen-bond donors (Lipinski definition) is 0. The van der Waals surface area contributed by atoms with E-state index in [4.69, 9.17) is 0 Å². The van der Waals surface area contributed by atoms with Crippen molar-refractivity contribution < 1.29 is 13.2 Å². The van der Waals surface area contributed by atoms with Crippen LogP contribution in [0.25, 0.3) is 0 Å². The van der Waals surface area contributed by atoms with Gasteiger partial charge in [0.25, 0.3) is 0 Å². The molecule has 0 aromatic heterocycles. The van der Waals surface area contributed by atoms with Crippen molar-refractivity contribution in [1.82, 2.24) is 4.31 Å². The summed E-state index contributed by atoms with van der Waals surface area (Å²) in [6, 6.07) is 0. The van der Waals surface area contributed by atoms with E-state index in [-0.39, 0.29) is 5.92 Å². The first-order chi connectivity index (χ1) is 5.54. The van der Waals surface area contributed by atoms with Crippen molar-refractivity contribution >= 4 is 16.3 Å². The quantitative estimate of drug-likeness (QED) is 0.604. The predicted octanol–water partition coefficient (Wildman–Crippen LogP) is -0.232. The lowest BCUT2D eigenvalue weighted by molar-refractivity contribution is 0.307. The molecule has 0 aromatic carbocycles. The van der Waals surface area contributed by atoms with Crippen LogP contribution < -0.4 is 0 Å². The third-order valence-corrected chi connectivity index (χ3v) is 3.29. The zero-order valence-electron chi connectivity index (χ0n) is 6.99. The molecule has 12 heavy (non-hydrogen) atoms. The Morgan fingerprint density at radius 1 is 1.50 bits per heavy atom. The van der Waals surface area contributed by atoms with E-state index in [2.05, 4.69) is 0 Å². The van der Waals surface area contributed by atoms with Crippen molar-refractivity contribution in [3.05, 3.63) is 0 Å². The van der Waals surface area contributed by atoms with Crippen LogP contribution in [-0.4, -0.2) is 38.4 Å². The maximum Gasteiger partial charge on any atom is 0.211 e. The van der Waals surface area contributed by atoms with Gasteiger partial charge >= 0.3 is 0 Å². The first-order valence-electron chi connectivity index (χ1n) is 3.87. The molecule has 1 aliphatic rings. The molecule has 1 saturated heterocycles. The molecule has 0 aliphatic carbocycles. The van der Waals surface area contributed by atoms with E-state index >= 15 is 0 Å². The summed E-state index contributed by atoms with van der Waals surface area (Å²) >= 11 is 0. The van der Waals surface area contributed by atoms with Crippen molar-refractivity contribution in [3.8, 4) is 0 Å². The molecule has 0 saturated carbocycles. The van der Waals surface area contributed by atoms with E-state index in [1.807, 2.05) is 6.29 Å². The van der Waals surface area contributed by atoms with Gasteiger partial charge in [0, 0.05) is 19.0 Å². The van der Waals surface area contributed by atoms with Crippen LogP contribution in [0.1, 0.15) is 12.8 Å². The fraction of sp³-hybridized carbons (Fsp3) is 0.857. The molecule has 0 bridgehead atoms. The Kier molecular flexibility index (Phi) is 2.85. The number of rotatable bonds is 2. The van der Waals surface area contributed by atoms with Gasteiger partial charge in [0.1, 0.15) is 0 Å². The van der Waals surface area contributed by atoms with Gasteiger partial charge < -0.3 is 0 Å². The molecule has 4 nitrogen and oxygen atoms in total. The third kappa shape index (κ3) is 2.28. The van der Waals surface area contributed by atoms with Crippen LogP contribution in [0, 0.1) is 5.92 Å². The van der Waals surface area contributed by atoms with E-state index in [0.717, 1.165) is 12.8 Å². The number of carbonyl (C=O) groups excluding carboxylic acids is 1. The standard InChI is InChI=1S/C7H12NO3S/c1-12(10,11)8-4-2-3-7(5-8)6-9/h7H,2-5H2,1H3. The summed E-state index contributed by atoms with van der Waals surface area (Å²) < 4.78 is 23.4. The van der Waals surface area contributed by atoms with E-state index in [1.165, 1.54) is 10.6 Å². The summed E-state index contributed by atoms with van der Waals surface area (Å²) in [5, 5.41) is 0. The van der Waals surface area contributed by atoms with Crippen LogP contribution in [0.3, 0.4) is 0 Å². The summed E-state index contributed by atoms with van der Waals surface area (Å²) in [4.78, 5) is 10.3. The molecule has 5 heteroatoms. The molecular weight excluding hydrogens is 178 g/mol. The van der Waals surface area contributed by atoms with Crippen molar-refractivity contribution in [1.29, 1.82) is 0 Å². The highest BCUT2D eigenvalue weighted by molar-refractivity contribution is 7.88. The van der Waals surface area contributed by atoms with Gasteiger partial charge in [-0.05, 0) is 12.8 Å². The molecule has 1 atom stereocenters. The minimum absolute atomic E-state index is 0.228. The highest BCUT2D eigenvalue weighted by atomic mass is 32.2. The van der Waals surface area contributed by atoms with E-state index in [1.54, 1.807) is 0 Å². The zero-order chi connectivity index (χ0) is 9.19. The number of hydrogen-bond acceptors (Lipinski definition) is 3. The molecule has 1 heterocycles. The second-order valence-corrected chi connectivity index (χ2v) is 5.06. The van der Waals surface area contributed by atoms with Crippen molar-refractivity contribution in [2.75, 3.05) is 19.3 Å². The molecule has 1 rings (SSSR count). The lowest BCUT2D eigenvalue weighted by Gasteiger charge is -2.27. The Labute approximate surface area is 72.6 Å². The Morgan fingerprint density at radius 2 is 2.17 bits per heavy atom. The summed E-state index contributed by atoms with van der Waals surface area (Å²) in [6.07, 6.45) is 4.53. The normalized spacial score (nSPS) is 26.9. The van der Waals surface area contributed by atoms with Crippen LogP contribution in [0.5, 0.6) is 0 Å². The van der Waals surface area contributed by atoms with E-state index < -0.39 is 10.0 Å². The first-order valence-corrected chi connectivity index (χ1v) is 5.71. The predicted molar refractivity (Wildman–Crippen MR) is 44.8 cm³/mol. The van der Waals surface area contributed by atoms with Crippen LogP contribution >= 0.6 is 0 Å².